The van der Waals surface area contributed by atoms with Gasteiger partial charge in [-0.15, -0.1) is 12.4 Å². The van der Waals surface area contributed by atoms with Crippen LogP contribution in [-0.2, 0) is 6.54 Å². The summed E-state index contributed by atoms with van der Waals surface area (Å²) >= 11 is 0. The van der Waals surface area contributed by atoms with Gasteiger partial charge < -0.3 is 19.3 Å². The van der Waals surface area contributed by atoms with Crippen LogP contribution in [0.3, 0.4) is 0 Å². The zero-order valence-electron chi connectivity index (χ0n) is 16.1. The SMILES string of the molecule is Cl.[C-]#[N+]c1cc(-c2nc(-c3ccc4c(c3)CNCCO4)no2)ccc1OC(C)C.[HH]. The van der Waals surface area contributed by atoms with Gasteiger partial charge in [-0.25, -0.2) is 4.85 Å². The number of halogens is 1. The van der Waals surface area contributed by atoms with Crippen LogP contribution in [0.4, 0.5) is 5.69 Å². The molecule has 0 bridgehead atoms. The summed E-state index contributed by atoms with van der Waals surface area (Å²) in [7, 11) is 0. The monoisotopic (exact) mass is 414 g/mol. The molecule has 0 saturated carbocycles. The maximum absolute atomic E-state index is 7.39. The zero-order valence-corrected chi connectivity index (χ0v) is 17.0. The molecule has 152 valence electrons. The summed E-state index contributed by atoms with van der Waals surface area (Å²) in [6.45, 7) is 13.4. The molecule has 4 rings (SSSR count). The molecule has 0 saturated heterocycles. The topological polar surface area (TPSA) is 73.8 Å². The molecule has 0 aliphatic carbocycles. The Kier molecular flexibility index (Phi) is 6.37. The maximum Gasteiger partial charge on any atom is 0.256 e. The Morgan fingerprint density at radius 1 is 1.21 bits per heavy atom. The van der Waals surface area contributed by atoms with Gasteiger partial charge in [-0.3, -0.25) is 0 Å². The van der Waals surface area contributed by atoms with Crippen molar-refractivity contribution in [2.75, 3.05) is 13.2 Å². The lowest BCUT2D eigenvalue weighted by Crippen LogP contribution is -2.16. The fraction of sp³-hybridized carbons (Fsp3) is 0.286. The predicted octanol–water partition coefficient (Wildman–Crippen LogP) is 4.89. The van der Waals surface area contributed by atoms with E-state index in [4.69, 9.17) is 20.6 Å². The summed E-state index contributed by atoms with van der Waals surface area (Å²) in [5.41, 5.74) is 3.01. The molecular formula is C21H23ClN4O3. The van der Waals surface area contributed by atoms with Crippen LogP contribution in [0.25, 0.3) is 27.7 Å². The highest BCUT2D eigenvalue weighted by molar-refractivity contribution is 5.85. The van der Waals surface area contributed by atoms with E-state index in [1.54, 1.807) is 12.1 Å². The fourth-order valence-corrected chi connectivity index (χ4v) is 3.00. The third-order valence-electron chi connectivity index (χ3n) is 4.29. The first-order valence-corrected chi connectivity index (χ1v) is 9.13. The van der Waals surface area contributed by atoms with Gasteiger partial charge in [-0.1, -0.05) is 5.16 Å². The van der Waals surface area contributed by atoms with E-state index in [-0.39, 0.29) is 19.9 Å². The molecule has 0 atom stereocenters. The maximum atomic E-state index is 7.39. The van der Waals surface area contributed by atoms with Crippen LogP contribution in [0, 0.1) is 6.57 Å². The van der Waals surface area contributed by atoms with Gasteiger partial charge >= 0.3 is 0 Å². The Morgan fingerprint density at radius 2 is 2.03 bits per heavy atom. The van der Waals surface area contributed by atoms with Crippen molar-refractivity contribution in [2.24, 2.45) is 0 Å². The molecule has 3 aromatic rings. The second-order valence-corrected chi connectivity index (χ2v) is 6.73. The molecule has 2 heterocycles. The van der Waals surface area contributed by atoms with E-state index in [1.807, 2.05) is 38.1 Å². The molecular weight excluding hydrogens is 392 g/mol. The lowest BCUT2D eigenvalue weighted by Gasteiger charge is -2.11. The van der Waals surface area contributed by atoms with Crippen LogP contribution in [0.5, 0.6) is 11.5 Å². The van der Waals surface area contributed by atoms with Gasteiger partial charge in [-0.2, -0.15) is 4.98 Å². The van der Waals surface area contributed by atoms with Crippen molar-refractivity contribution in [3.8, 4) is 34.3 Å². The molecule has 1 N–H and O–H groups in total. The quantitative estimate of drug-likeness (QED) is 0.612. The van der Waals surface area contributed by atoms with Crippen LogP contribution in [0.2, 0.25) is 0 Å². The minimum absolute atomic E-state index is 0. The van der Waals surface area contributed by atoms with Crippen LogP contribution in [0.15, 0.2) is 40.9 Å². The van der Waals surface area contributed by atoms with Crippen molar-refractivity contribution in [1.82, 2.24) is 15.5 Å². The van der Waals surface area contributed by atoms with Crippen LogP contribution in [-0.4, -0.2) is 29.4 Å². The number of nitrogens with one attached hydrogen (secondary N) is 1. The average molecular weight is 415 g/mol. The standard InChI is InChI=1S/C21H20N4O3.ClH.H2/c1-13(2)27-19-7-5-15(11-17(19)22-3)21-24-20(25-28-21)14-4-6-18-16(10-14)12-23-8-9-26-18;;/h4-7,10-11,13,23H,8-9,12H2,1-2H3;2*1H. The first-order chi connectivity index (χ1) is 13.6. The summed E-state index contributed by atoms with van der Waals surface area (Å²) in [6, 6.07) is 11.1. The van der Waals surface area contributed by atoms with E-state index in [1.165, 1.54) is 0 Å². The molecule has 0 amide bonds. The minimum atomic E-state index is -0.00645. The van der Waals surface area contributed by atoms with E-state index in [2.05, 4.69) is 20.3 Å². The van der Waals surface area contributed by atoms with Crippen molar-refractivity contribution in [3.63, 3.8) is 0 Å². The number of nitrogens with zero attached hydrogens (tertiary/aromatic N) is 3. The number of fused-ring (bicyclic) bond motifs is 1. The van der Waals surface area contributed by atoms with Crippen molar-refractivity contribution in [1.29, 1.82) is 0 Å². The molecule has 7 nitrogen and oxygen atoms in total. The number of aromatic nitrogens is 2. The molecule has 29 heavy (non-hydrogen) atoms. The van der Waals surface area contributed by atoms with E-state index in [0.717, 1.165) is 30.0 Å². The largest absolute Gasteiger partial charge is 0.502 e. The predicted molar refractivity (Wildman–Crippen MR) is 114 cm³/mol. The van der Waals surface area contributed by atoms with Crippen LogP contribution < -0.4 is 14.8 Å². The normalized spacial score (nSPS) is 12.9. The van der Waals surface area contributed by atoms with Crippen LogP contribution in [0.1, 0.15) is 20.8 Å². The van der Waals surface area contributed by atoms with E-state index < -0.39 is 0 Å². The smallest absolute Gasteiger partial charge is 0.256 e. The molecule has 8 heteroatoms. The van der Waals surface area contributed by atoms with Gasteiger partial charge in [0.25, 0.3) is 5.89 Å². The van der Waals surface area contributed by atoms with Crippen molar-refractivity contribution < 1.29 is 15.4 Å². The number of ether oxygens (including phenoxy) is 2. The molecule has 0 spiro atoms. The summed E-state index contributed by atoms with van der Waals surface area (Å²) < 4.78 is 16.8. The highest BCUT2D eigenvalue weighted by Gasteiger charge is 2.16. The Hall–Kier alpha value is -3.08. The Morgan fingerprint density at radius 3 is 2.83 bits per heavy atom. The molecule has 0 fully saturated rings. The molecule has 1 aliphatic heterocycles. The number of rotatable bonds is 4. The van der Waals surface area contributed by atoms with Gasteiger partial charge in [-0.05, 0) is 50.2 Å². The Labute approximate surface area is 176 Å². The van der Waals surface area contributed by atoms with Crippen molar-refractivity contribution >= 4 is 18.1 Å². The first-order valence-electron chi connectivity index (χ1n) is 9.13. The molecule has 0 radical (unpaired) electrons. The Balaban J connectivity index is 0.00000160. The molecule has 2 aromatic carbocycles. The number of benzene rings is 2. The third kappa shape index (κ3) is 4.50. The molecule has 1 aliphatic rings. The van der Waals surface area contributed by atoms with Gasteiger partial charge in [0.1, 0.15) is 18.1 Å². The third-order valence-corrected chi connectivity index (χ3v) is 4.29. The molecule has 0 unspecified atom stereocenters. The second-order valence-electron chi connectivity index (χ2n) is 6.73. The van der Waals surface area contributed by atoms with Crippen LogP contribution >= 0.6 is 12.4 Å². The number of hydrogen-bond donors (Lipinski definition) is 1. The Bertz CT molecular complexity index is 1050. The van der Waals surface area contributed by atoms with Gasteiger partial charge in [0.2, 0.25) is 11.5 Å². The number of hydrogen-bond acceptors (Lipinski definition) is 6. The highest BCUT2D eigenvalue weighted by atomic mass is 35.5. The van der Waals surface area contributed by atoms with Crippen molar-refractivity contribution in [2.45, 2.75) is 26.5 Å². The van der Waals surface area contributed by atoms with E-state index in [0.29, 0.717) is 35.3 Å². The second kappa shape index (κ2) is 8.95. The molecule has 1 aromatic heterocycles. The van der Waals surface area contributed by atoms with Gasteiger partial charge in [0.15, 0.2) is 0 Å². The van der Waals surface area contributed by atoms with Crippen molar-refractivity contribution in [3.05, 3.63) is 53.4 Å². The van der Waals surface area contributed by atoms with Gasteiger partial charge in [0, 0.05) is 31.2 Å². The highest BCUT2D eigenvalue weighted by Crippen LogP contribution is 2.34. The van der Waals surface area contributed by atoms with E-state index >= 15 is 0 Å². The summed E-state index contributed by atoms with van der Waals surface area (Å²) in [4.78, 5) is 8.05. The fourth-order valence-electron chi connectivity index (χ4n) is 3.00. The van der Waals surface area contributed by atoms with E-state index in [9.17, 15) is 0 Å². The van der Waals surface area contributed by atoms with Gasteiger partial charge in [0.05, 0.1) is 12.7 Å². The average Bonchev–Trinajstić information content (AvgIpc) is 3.07. The summed E-state index contributed by atoms with van der Waals surface area (Å²) in [5, 5.41) is 7.42. The first kappa shape index (κ1) is 20.6. The lowest BCUT2D eigenvalue weighted by molar-refractivity contribution is 0.244. The zero-order chi connectivity index (χ0) is 19.5. The summed E-state index contributed by atoms with van der Waals surface area (Å²) in [6.07, 6.45) is -0.00645. The summed E-state index contributed by atoms with van der Waals surface area (Å²) in [5.74, 6) is 2.28. The lowest BCUT2D eigenvalue weighted by atomic mass is 10.1. The minimum Gasteiger partial charge on any atom is -0.502 e.